The van der Waals surface area contributed by atoms with Gasteiger partial charge in [-0.2, -0.15) is 4.31 Å². The minimum atomic E-state index is -3.70. The summed E-state index contributed by atoms with van der Waals surface area (Å²) in [6, 6.07) is 10.1. The molecule has 1 amide bonds. The summed E-state index contributed by atoms with van der Waals surface area (Å²) in [6.45, 7) is 5.73. The molecule has 0 unspecified atom stereocenters. The van der Waals surface area contributed by atoms with Crippen molar-refractivity contribution in [1.29, 1.82) is 0 Å². The van der Waals surface area contributed by atoms with Crippen LogP contribution in [0.4, 0.5) is 0 Å². The Morgan fingerprint density at radius 1 is 1.00 bits per heavy atom. The van der Waals surface area contributed by atoms with Crippen LogP contribution >= 0.6 is 0 Å². The molecule has 0 bridgehead atoms. The Bertz CT molecular complexity index is 958. The minimum Gasteiger partial charge on any atom is -0.490 e. The second kappa shape index (κ2) is 9.90. The Morgan fingerprint density at radius 3 is 2.33 bits per heavy atom. The summed E-state index contributed by atoms with van der Waals surface area (Å²) in [4.78, 5) is 18.5. The lowest BCUT2D eigenvalue weighted by Crippen LogP contribution is -2.50. The van der Waals surface area contributed by atoms with E-state index in [4.69, 9.17) is 9.47 Å². The monoisotopic (exact) mass is 433 g/mol. The van der Waals surface area contributed by atoms with Crippen LogP contribution in [0.5, 0.6) is 11.5 Å². The molecule has 8 nitrogen and oxygen atoms in total. The summed E-state index contributed by atoms with van der Waals surface area (Å²) < 4.78 is 38.7. The third-order valence-electron chi connectivity index (χ3n) is 4.80. The highest BCUT2D eigenvalue weighted by atomic mass is 32.2. The molecule has 0 atom stereocenters. The predicted molar refractivity (Wildman–Crippen MR) is 112 cm³/mol. The third kappa shape index (κ3) is 5.09. The minimum absolute atomic E-state index is 0.0505. The number of ether oxygens (including phenoxy) is 2. The number of sulfonamides is 1. The van der Waals surface area contributed by atoms with Crippen LogP contribution in [0.3, 0.4) is 0 Å². The highest BCUT2D eigenvalue weighted by molar-refractivity contribution is 7.89. The summed E-state index contributed by atoms with van der Waals surface area (Å²) in [6.07, 6.45) is 1.87. The number of hydrogen-bond acceptors (Lipinski definition) is 6. The number of hydrogen-bond donors (Lipinski definition) is 0. The number of carbonyl (C=O) groups is 1. The number of rotatable bonds is 8. The van der Waals surface area contributed by atoms with Crippen LogP contribution in [-0.4, -0.2) is 67.9 Å². The van der Waals surface area contributed by atoms with Crippen molar-refractivity contribution >= 4 is 15.9 Å². The molecule has 1 aliphatic heterocycles. The zero-order chi connectivity index (χ0) is 21.6. The standard InChI is InChI=1S/C21H27N3O5S/c1-3-28-19-9-8-18(16-20(19)29-4-2)30(26,27)24-13-11-23(12-14-24)21(25)15-17-7-5-6-10-22-17/h5-10,16H,3-4,11-15H2,1-2H3. The fourth-order valence-electron chi connectivity index (χ4n) is 3.29. The van der Waals surface area contributed by atoms with E-state index in [9.17, 15) is 13.2 Å². The van der Waals surface area contributed by atoms with Crippen LogP contribution < -0.4 is 9.47 Å². The number of amides is 1. The lowest BCUT2D eigenvalue weighted by Gasteiger charge is -2.34. The van der Waals surface area contributed by atoms with Gasteiger partial charge < -0.3 is 14.4 Å². The van der Waals surface area contributed by atoms with Crippen molar-refractivity contribution in [3.8, 4) is 11.5 Å². The van der Waals surface area contributed by atoms with E-state index in [-0.39, 0.29) is 30.3 Å². The molecule has 0 aliphatic carbocycles. The van der Waals surface area contributed by atoms with Crippen LogP contribution in [0.1, 0.15) is 19.5 Å². The molecule has 1 fully saturated rings. The number of benzene rings is 1. The first-order valence-electron chi connectivity index (χ1n) is 10.0. The van der Waals surface area contributed by atoms with Gasteiger partial charge in [-0.05, 0) is 38.1 Å². The molecule has 2 aromatic rings. The molecular formula is C21H27N3O5S. The van der Waals surface area contributed by atoms with E-state index in [1.54, 1.807) is 29.3 Å². The third-order valence-corrected chi connectivity index (χ3v) is 6.70. The van der Waals surface area contributed by atoms with E-state index in [0.29, 0.717) is 43.5 Å². The molecule has 0 radical (unpaired) electrons. The number of piperazine rings is 1. The van der Waals surface area contributed by atoms with Gasteiger partial charge in [-0.15, -0.1) is 0 Å². The molecule has 9 heteroatoms. The number of aromatic nitrogens is 1. The maximum absolute atomic E-state index is 13.1. The van der Waals surface area contributed by atoms with E-state index < -0.39 is 10.0 Å². The topological polar surface area (TPSA) is 89.0 Å². The van der Waals surface area contributed by atoms with Crippen LogP contribution in [-0.2, 0) is 21.2 Å². The summed E-state index contributed by atoms with van der Waals surface area (Å²) in [5.41, 5.74) is 0.704. The summed E-state index contributed by atoms with van der Waals surface area (Å²) in [7, 11) is -3.70. The van der Waals surface area contributed by atoms with Crippen LogP contribution in [0.15, 0.2) is 47.5 Å². The van der Waals surface area contributed by atoms with Crippen molar-refractivity contribution in [1.82, 2.24) is 14.2 Å². The van der Waals surface area contributed by atoms with Gasteiger partial charge in [0.2, 0.25) is 15.9 Å². The van der Waals surface area contributed by atoms with Gasteiger partial charge in [0.1, 0.15) is 0 Å². The van der Waals surface area contributed by atoms with Crippen molar-refractivity contribution in [3.63, 3.8) is 0 Å². The normalized spacial score (nSPS) is 15.1. The maximum Gasteiger partial charge on any atom is 0.243 e. The van der Waals surface area contributed by atoms with Crippen molar-refractivity contribution in [3.05, 3.63) is 48.3 Å². The average molecular weight is 434 g/mol. The van der Waals surface area contributed by atoms with Gasteiger partial charge >= 0.3 is 0 Å². The van der Waals surface area contributed by atoms with Gasteiger partial charge in [-0.3, -0.25) is 9.78 Å². The van der Waals surface area contributed by atoms with Gasteiger partial charge in [-0.1, -0.05) is 6.07 Å². The first-order chi connectivity index (χ1) is 14.5. The van der Waals surface area contributed by atoms with E-state index in [1.807, 2.05) is 19.9 Å². The SMILES string of the molecule is CCOc1ccc(S(=O)(=O)N2CCN(C(=O)Cc3ccccn3)CC2)cc1OCC. The fourth-order valence-corrected chi connectivity index (χ4v) is 4.73. The van der Waals surface area contributed by atoms with E-state index >= 15 is 0 Å². The molecule has 0 spiro atoms. The lowest BCUT2D eigenvalue weighted by molar-refractivity contribution is -0.131. The first-order valence-corrected chi connectivity index (χ1v) is 11.5. The van der Waals surface area contributed by atoms with E-state index in [1.165, 1.54) is 16.4 Å². The van der Waals surface area contributed by atoms with Gasteiger partial charge in [0.25, 0.3) is 0 Å². The molecular weight excluding hydrogens is 406 g/mol. The van der Waals surface area contributed by atoms with Crippen molar-refractivity contribution in [2.24, 2.45) is 0 Å². The highest BCUT2D eigenvalue weighted by Gasteiger charge is 2.31. The molecule has 1 aromatic carbocycles. The zero-order valence-electron chi connectivity index (χ0n) is 17.3. The number of carbonyl (C=O) groups excluding carboxylic acids is 1. The summed E-state index contributed by atoms with van der Waals surface area (Å²) >= 11 is 0. The summed E-state index contributed by atoms with van der Waals surface area (Å²) in [5.74, 6) is 0.873. The molecule has 30 heavy (non-hydrogen) atoms. The molecule has 2 heterocycles. The molecule has 0 N–H and O–H groups in total. The van der Waals surface area contributed by atoms with Crippen LogP contribution in [0.2, 0.25) is 0 Å². The smallest absolute Gasteiger partial charge is 0.243 e. The molecule has 1 aliphatic rings. The molecule has 1 aromatic heterocycles. The lowest BCUT2D eigenvalue weighted by atomic mass is 10.2. The quantitative estimate of drug-likeness (QED) is 0.632. The second-order valence-electron chi connectivity index (χ2n) is 6.76. The van der Waals surface area contributed by atoms with Gasteiger partial charge in [0.05, 0.1) is 24.5 Å². The van der Waals surface area contributed by atoms with Crippen LogP contribution in [0, 0.1) is 0 Å². The van der Waals surface area contributed by atoms with Gasteiger partial charge in [-0.25, -0.2) is 8.42 Å². The second-order valence-corrected chi connectivity index (χ2v) is 8.70. The average Bonchev–Trinajstić information content (AvgIpc) is 2.76. The van der Waals surface area contributed by atoms with Gasteiger partial charge in [0, 0.05) is 44.1 Å². The maximum atomic E-state index is 13.1. The van der Waals surface area contributed by atoms with Crippen molar-refractivity contribution < 1.29 is 22.7 Å². The predicted octanol–water partition coefficient (Wildman–Crippen LogP) is 1.95. The molecule has 1 saturated heterocycles. The van der Waals surface area contributed by atoms with E-state index in [0.717, 1.165) is 0 Å². The Balaban J connectivity index is 1.67. The molecule has 162 valence electrons. The van der Waals surface area contributed by atoms with Crippen molar-refractivity contribution in [2.45, 2.75) is 25.2 Å². The molecule has 0 saturated carbocycles. The largest absolute Gasteiger partial charge is 0.490 e. The first kappa shape index (κ1) is 22.0. The molecule has 3 rings (SSSR count). The number of pyridine rings is 1. The zero-order valence-corrected chi connectivity index (χ0v) is 18.1. The highest BCUT2D eigenvalue weighted by Crippen LogP contribution is 2.31. The van der Waals surface area contributed by atoms with Crippen LogP contribution in [0.25, 0.3) is 0 Å². The number of nitrogens with zero attached hydrogens (tertiary/aromatic N) is 3. The summed E-state index contributed by atoms with van der Waals surface area (Å²) in [5, 5.41) is 0. The van der Waals surface area contributed by atoms with Crippen molar-refractivity contribution in [2.75, 3.05) is 39.4 Å². The Hall–Kier alpha value is -2.65. The Morgan fingerprint density at radius 2 is 1.70 bits per heavy atom. The van der Waals surface area contributed by atoms with Gasteiger partial charge in [0.15, 0.2) is 11.5 Å². The fraction of sp³-hybridized carbons (Fsp3) is 0.429. The Kier molecular flexibility index (Phi) is 7.28. The van der Waals surface area contributed by atoms with E-state index in [2.05, 4.69) is 4.98 Å². The Labute approximate surface area is 177 Å².